The van der Waals surface area contributed by atoms with Gasteiger partial charge in [-0.05, 0) is 24.5 Å². The number of hydrogen-bond acceptors (Lipinski definition) is 7. The van der Waals surface area contributed by atoms with Gasteiger partial charge in [0.1, 0.15) is 0 Å². The molecule has 1 unspecified atom stereocenters. The molecule has 26 heavy (non-hydrogen) atoms. The topological polar surface area (TPSA) is 107 Å². The molecule has 2 aromatic rings. The third-order valence-corrected chi connectivity index (χ3v) is 4.59. The highest BCUT2D eigenvalue weighted by molar-refractivity contribution is 5.89. The minimum absolute atomic E-state index is 0.0521. The summed E-state index contributed by atoms with van der Waals surface area (Å²) in [6.45, 7) is 4.68. The zero-order valence-electron chi connectivity index (χ0n) is 15.0. The van der Waals surface area contributed by atoms with Crippen molar-refractivity contribution in [3.8, 4) is 11.1 Å². The molecule has 0 amide bonds. The summed E-state index contributed by atoms with van der Waals surface area (Å²) in [4.78, 5) is 23.0. The van der Waals surface area contributed by atoms with Crippen molar-refractivity contribution in [2.75, 3.05) is 37.7 Å². The van der Waals surface area contributed by atoms with E-state index in [1.165, 1.54) is 0 Å². The van der Waals surface area contributed by atoms with Crippen LogP contribution < -0.4 is 16.4 Å². The van der Waals surface area contributed by atoms with E-state index in [1.54, 1.807) is 6.92 Å². The molecular formula is C19H25N5O2. The number of hydrogen-bond donors (Lipinski definition) is 2. The molecule has 138 valence electrons. The summed E-state index contributed by atoms with van der Waals surface area (Å²) < 4.78 is 5.35. The number of anilines is 1. The van der Waals surface area contributed by atoms with Crippen LogP contribution in [-0.4, -0.2) is 54.1 Å². The van der Waals surface area contributed by atoms with Gasteiger partial charge in [-0.25, -0.2) is 9.97 Å². The fourth-order valence-electron chi connectivity index (χ4n) is 3.01. The standard InChI is InChI=1S/C19H25N5O2/c1-19(21,17(25)11-20)10-14-3-2-4-15(9-14)16-12-22-18(23-13-16)24-5-7-26-8-6-24/h2-4,9,12-13H,5-8,10-11,20-21H2,1H3. The Kier molecular flexibility index (Phi) is 5.61. The lowest BCUT2D eigenvalue weighted by molar-refractivity contribution is -0.122. The Hall–Kier alpha value is -2.35. The van der Waals surface area contributed by atoms with E-state index in [4.69, 9.17) is 16.2 Å². The highest BCUT2D eigenvalue weighted by Crippen LogP contribution is 2.22. The van der Waals surface area contributed by atoms with Gasteiger partial charge in [0.25, 0.3) is 0 Å². The Morgan fingerprint density at radius 1 is 1.23 bits per heavy atom. The van der Waals surface area contributed by atoms with E-state index in [0.717, 1.165) is 35.7 Å². The summed E-state index contributed by atoms with van der Waals surface area (Å²) in [5.74, 6) is 0.567. The molecule has 4 N–H and O–H groups in total. The van der Waals surface area contributed by atoms with Crippen molar-refractivity contribution in [1.29, 1.82) is 0 Å². The SMILES string of the molecule is CC(N)(Cc1cccc(-c2cnc(N3CCOCC3)nc2)c1)C(=O)CN. The molecule has 0 radical (unpaired) electrons. The zero-order chi connectivity index (χ0) is 18.6. The Morgan fingerprint density at radius 2 is 1.92 bits per heavy atom. The van der Waals surface area contributed by atoms with Crippen molar-refractivity contribution in [1.82, 2.24) is 9.97 Å². The first-order chi connectivity index (χ1) is 12.5. The fraction of sp³-hybridized carbons (Fsp3) is 0.421. The van der Waals surface area contributed by atoms with Crippen LogP contribution in [-0.2, 0) is 16.0 Å². The van der Waals surface area contributed by atoms with Gasteiger partial charge >= 0.3 is 0 Å². The lowest BCUT2D eigenvalue weighted by Crippen LogP contribution is -2.49. The summed E-state index contributed by atoms with van der Waals surface area (Å²) >= 11 is 0. The molecule has 2 heterocycles. The molecule has 1 atom stereocenters. The van der Waals surface area contributed by atoms with E-state index in [1.807, 2.05) is 36.7 Å². The van der Waals surface area contributed by atoms with Gasteiger partial charge in [-0.3, -0.25) is 4.79 Å². The quantitative estimate of drug-likeness (QED) is 0.788. The lowest BCUT2D eigenvalue weighted by atomic mass is 9.88. The van der Waals surface area contributed by atoms with Gasteiger partial charge in [0, 0.05) is 31.0 Å². The number of aromatic nitrogens is 2. The van der Waals surface area contributed by atoms with Gasteiger partial charge < -0.3 is 21.1 Å². The molecule has 7 heteroatoms. The van der Waals surface area contributed by atoms with Crippen molar-refractivity contribution in [2.45, 2.75) is 18.9 Å². The van der Waals surface area contributed by atoms with Crippen molar-refractivity contribution in [3.63, 3.8) is 0 Å². The summed E-state index contributed by atoms with van der Waals surface area (Å²) in [5, 5.41) is 0. The Labute approximate surface area is 153 Å². The Morgan fingerprint density at radius 3 is 2.58 bits per heavy atom. The van der Waals surface area contributed by atoms with E-state index in [-0.39, 0.29) is 12.3 Å². The largest absolute Gasteiger partial charge is 0.378 e. The summed E-state index contributed by atoms with van der Waals surface area (Å²) in [5.41, 5.74) is 13.5. The molecule has 0 saturated carbocycles. The van der Waals surface area contributed by atoms with E-state index in [2.05, 4.69) is 14.9 Å². The Bertz CT molecular complexity index is 755. The normalized spacial score (nSPS) is 17.0. The van der Waals surface area contributed by atoms with Crippen molar-refractivity contribution in [2.24, 2.45) is 11.5 Å². The molecule has 1 fully saturated rings. The van der Waals surface area contributed by atoms with Crippen LogP contribution in [0.5, 0.6) is 0 Å². The summed E-state index contributed by atoms with van der Waals surface area (Å²) in [7, 11) is 0. The van der Waals surface area contributed by atoms with Gasteiger partial charge in [0.15, 0.2) is 5.78 Å². The van der Waals surface area contributed by atoms with E-state index >= 15 is 0 Å². The summed E-state index contributed by atoms with van der Waals surface area (Å²) in [6, 6.07) is 7.92. The van der Waals surface area contributed by atoms with E-state index in [0.29, 0.717) is 19.6 Å². The highest BCUT2D eigenvalue weighted by atomic mass is 16.5. The molecule has 1 saturated heterocycles. The number of carbonyl (C=O) groups is 1. The number of ether oxygens (including phenoxy) is 1. The predicted molar refractivity (Wildman–Crippen MR) is 101 cm³/mol. The van der Waals surface area contributed by atoms with Crippen LogP contribution in [0.1, 0.15) is 12.5 Å². The van der Waals surface area contributed by atoms with Gasteiger partial charge in [-0.2, -0.15) is 0 Å². The van der Waals surface area contributed by atoms with Crippen molar-refractivity contribution in [3.05, 3.63) is 42.2 Å². The number of carbonyl (C=O) groups excluding carboxylic acids is 1. The van der Waals surface area contributed by atoms with Crippen LogP contribution in [0.4, 0.5) is 5.95 Å². The second-order valence-electron chi connectivity index (χ2n) is 6.79. The molecule has 0 spiro atoms. The maximum atomic E-state index is 11.9. The van der Waals surface area contributed by atoms with Gasteiger partial charge in [0.05, 0.1) is 25.3 Å². The number of morpholine rings is 1. The molecule has 0 aliphatic carbocycles. The fourth-order valence-corrected chi connectivity index (χ4v) is 3.01. The first kappa shape index (κ1) is 18.4. The minimum Gasteiger partial charge on any atom is -0.378 e. The van der Waals surface area contributed by atoms with Crippen molar-refractivity contribution < 1.29 is 9.53 Å². The van der Waals surface area contributed by atoms with Gasteiger partial charge in [-0.15, -0.1) is 0 Å². The van der Waals surface area contributed by atoms with Crippen LogP contribution in [0.25, 0.3) is 11.1 Å². The number of ketones is 1. The number of nitrogens with two attached hydrogens (primary N) is 2. The van der Waals surface area contributed by atoms with Gasteiger partial charge in [0.2, 0.25) is 5.95 Å². The second kappa shape index (κ2) is 7.90. The number of rotatable bonds is 6. The molecule has 3 rings (SSSR count). The van der Waals surface area contributed by atoms with Crippen molar-refractivity contribution >= 4 is 11.7 Å². The molecule has 1 aromatic carbocycles. The number of benzene rings is 1. The third kappa shape index (κ3) is 4.24. The first-order valence-electron chi connectivity index (χ1n) is 8.76. The zero-order valence-corrected chi connectivity index (χ0v) is 15.0. The molecule has 0 bridgehead atoms. The third-order valence-electron chi connectivity index (χ3n) is 4.59. The van der Waals surface area contributed by atoms with Gasteiger partial charge in [-0.1, -0.05) is 24.3 Å². The first-order valence-corrected chi connectivity index (χ1v) is 8.76. The van der Waals surface area contributed by atoms with Crippen LogP contribution in [0.3, 0.4) is 0 Å². The molecular weight excluding hydrogens is 330 g/mol. The average molecular weight is 355 g/mol. The summed E-state index contributed by atoms with van der Waals surface area (Å²) in [6.07, 6.45) is 4.08. The number of Topliss-reactive ketones (excluding diaryl/α,β-unsaturated/α-hetero) is 1. The van der Waals surface area contributed by atoms with E-state index in [9.17, 15) is 4.79 Å². The number of nitrogens with zero attached hydrogens (tertiary/aromatic N) is 3. The predicted octanol–water partition coefficient (Wildman–Crippen LogP) is 0.768. The molecule has 1 aliphatic rings. The maximum Gasteiger partial charge on any atom is 0.225 e. The van der Waals surface area contributed by atoms with Crippen LogP contribution in [0.15, 0.2) is 36.7 Å². The molecule has 1 aromatic heterocycles. The Balaban J connectivity index is 1.76. The lowest BCUT2D eigenvalue weighted by Gasteiger charge is -2.26. The molecule has 1 aliphatic heterocycles. The second-order valence-corrected chi connectivity index (χ2v) is 6.79. The smallest absolute Gasteiger partial charge is 0.225 e. The van der Waals surface area contributed by atoms with E-state index < -0.39 is 5.54 Å². The maximum absolute atomic E-state index is 11.9. The average Bonchev–Trinajstić information content (AvgIpc) is 2.68. The minimum atomic E-state index is -0.968. The highest BCUT2D eigenvalue weighted by Gasteiger charge is 2.27. The molecule has 7 nitrogen and oxygen atoms in total. The van der Waals surface area contributed by atoms with Crippen LogP contribution >= 0.6 is 0 Å². The van der Waals surface area contributed by atoms with Crippen LogP contribution in [0, 0.1) is 0 Å². The van der Waals surface area contributed by atoms with Crippen LogP contribution in [0.2, 0.25) is 0 Å². The monoisotopic (exact) mass is 355 g/mol.